The molecule has 0 radical (unpaired) electrons. The zero-order valence-electron chi connectivity index (χ0n) is 14.5. The molecule has 0 bridgehead atoms. The van der Waals surface area contributed by atoms with Crippen molar-refractivity contribution in [1.82, 2.24) is 9.88 Å². The average molecular weight is 364 g/mol. The molecule has 1 N–H and O–H groups in total. The third-order valence-electron chi connectivity index (χ3n) is 3.79. The Labute approximate surface area is 149 Å². The summed E-state index contributed by atoms with van der Waals surface area (Å²) in [5, 5.41) is 9.45. The number of hydrogen-bond donors (Lipinski definition) is 1. The molecule has 2 rings (SSSR count). The number of aromatic nitrogens is 1. The molecule has 0 saturated heterocycles. The largest absolute Gasteiger partial charge is 0.494 e. The van der Waals surface area contributed by atoms with Gasteiger partial charge in [-0.3, -0.25) is 9.78 Å². The van der Waals surface area contributed by atoms with Crippen molar-refractivity contribution in [2.45, 2.75) is 12.8 Å². The topological polar surface area (TPSA) is 79.7 Å². The summed E-state index contributed by atoms with van der Waals surface area (Å²) in [6.45, 7) is 0. The molecule has 1 amide bonds. The van der Waals surface area contributed by atoms with E-state index in [0.717, 1.165) is 12.3 Å². The Bertz CT molecular complexity index is 838. The highest BCUT2D eigenvalue weighted by atomic mass is 19.3. The van der Waals surface area contributed by atoms with Gasteiger partial charge in [-0.05, 0) is 23.8 Å². The molecule has 8 heteroatoms. The third-order valence-corrected chi connectivity index (χ3v) is 3.79. The highest BCUT2D eigenvalue weighted by molar-refractivity contribution is 5.97. The number of nitrogens with zero attached hydrogens (tertiary/aromatic N) is 2. The number of halogens is 2. The fraction of sp³-hybridized carbons (Fsp3) is 0.278. The second kappa shape index (κ2) is 7.90. The Balaban J connectivity index is 2.64. The Morgan fingerprint density at radius 3 is 2.46 bits per heavy atom. The average Bonchev–Trinajstić information content (AvgIpc) is 2.60. The standard InChI is InChI=1S/C18H18F2N2O4/c1-22(2)16(23)7-10-4-5-11(18(24)25)12(6-10)13-8-14(17(19)20)21-9-15(13)26-3/h4-6,8-9,17H,7H2,1-3H3,(H,24,25). The number of pyridine rings is 1. The first kappa shape index (κ1) is 19.3. The number of amides is 1. The van der Waals surface area contributed by atoms with E-state index in [4.69, 9.17) is 4.74 Å². The lowest BCUT2D eigenvalue weighted by Gasteiger charge is -2.15. The number of aromatic carboxylic acids is 1. The van der Waals surface area contributed by atoms with Crippen LogP contribution in [-0.2, 0) is 11.2 Å². The van der Waals surface area contributed by atoms with E-state index in [1.807, 2.05) is 0 Å². The van der Waals surface area contributed by atoms with E-state index in [-0.39, 0.29) is 34.8 Å². The Hall–Kier alpha value is -3.03. The number of benzene rings is 1. The van der Waals surface area contributed by atoms with Gasteiger partial charge in [0.25, 0.3) is 6.43 Å². The first-order chi connectivity index (χ1) is 12.2. The summed E-state index contributed by atoms with van der Waals surface area (Å²) in [6.07, 6.45) is -1.64. The van der Waals surface area contributed by atoms with E-state index in [1.54, 1.807) is 14.1 Å². The first-order valence-electron chi connectivity index (χ1n) is 7.63. The fourth-order valence-electron chi connectivity index (χ4n) is 2.39. The van der Waals surface area contributed by atoms with Crippen molar-refractivity contribution < 1.29 is 28.2 Å². The summed E-state index contributed by atoms with van der Waals surface area (Å²) in [7, 11) is 4.55. The van der Waals surface area contributed by atoms with Gasteiger partial charge in [-0.1, -0.05) is 6.07 Å². The molecule has 1 aromatic carbocycles. The number of carbonyl (C=O) groups is 2. The maximum Gasteiger partial charge on any atom is 0.336 e. The smallest absolute Gasteiger partial charge is 0.336 e. The summed E-state index contributed by atoms with van der Waals surface area (Å²) in [4.78, 5) is 28.5. The predicted molar refractivity (Wildman–Crippen MR) is 90.5 cm³/mol. The number of alkyl halides is 2. The van der Waals surface area contributed by atoms with E-state index in [9.17, 15) is 23.5 Å². The monoisotopic (exact) mass is 364 g/mol. The van der Waals surface area contributed by atoms with Gasteiger partial charge in [0, 0.05) is 25.2 Å². The van der Waals surface area contributed by atoms with Gasteiger partial charge in [0.15, 0.2) is 0 Å². The number of hydrogen-bond acceptors (Lipinski definition) is 4. The van der Waals surface area contributed by atoms with Crippen LogP contribution >= 0.6 is 0 Å². The van der Waals surface area contributed by atoms with Crippen LogP contribution in [-0.4, -0.2) is 48.1 Å². The van der Waals surface area contributed by atoms with Crippen LogP contribution in [0.1, 0.15) is 28.0 Å². The van der Waals surface area contributed by atoms with Gasteiger partial charge in [0.2, 0.25) is 5.91 Å². The Morgan fingerprint density at radius 1 is 1.23 bits per heavy atom. The van der Waals surface area contributed by atoms with Crippen molar-refractivity contribution in [3.05, 3.63) is 47.3 Å². The molecule has 1 heterocycles. The Morgan fingerprint density at radius 2 is 1.92 bits per heavy atom. The molecular formula is C18H18F2N2O4. The molecule has 0 aliphatic rings. The van der Waals surface area contributed by atoms with E-state index in [1.165, 1.54) is 30.2 Å². The van der Waals surface area contributed by atoms with Crippen LogP contribution in [0.5, 0.6) is 5.75 Å². The number of methoxy groups -OCH3 is 1. The normalized spacial score (nSPS) is 10.7. The van der Waals surface area contributed by atoms with Crippen molar-refractivity contribution in [3.8, 4) is 16.9 Å². The van der Waals surface area contributed by atoms with Gasteiger partial charge in [0.05, 0.1) is 25.3 Å². The highest BCUT2D eigenvalue weighted by Gasteiger charge is 2.20. The van der Waals surface area contributed by atoms with Crippen LogP contribution < -0.4 is 4.74 Å². The van der Waals surface area contributed by atoms with E-state index in [0.29, 0.717) is 5.56 Å². The zero-order chi connectivity index (χ0) is 19.4. The lowest BCUT2D eigenvalue weighted by atomic mass is 9.95. The van der Waals surface area contributed by atoms with E-state index >= 15 is 0 Å². The predicted octanol–water partition coefficient (Wildman–Crippen LogP) is 3.02. The molecule has 6 nitrogen and oxygen atoms in total. The van der Waals surface area contributed by atoms with Crippen molar-refractivity contribution in [2.75, 3.05) is 21.2 Å². The minimum atomic E-state index is -2.81. The van der Waals surface area contributed by atoms with E-state index < -0.39 is 18.1 Å². The minimum Gasteiger partial charge on any atom is -0.494 e. The first-order valence-corrected chi connectivity index (χ1v) is 7.63. The lowest BCUT2D eigenvalue weighted by Crippen LogP contribution is -2.23. The van der Waals surface area contributed by atoms with Crippen molar-refractivity contribution in [1.29, 1.82) is 0 Å². The number of carboxylic acids is 1. The van der Waals surface area contributed by atoms with Gasteiger partial charge in [-0.25, -0.2) is 13.6 Å². The maximum atomic E-state index is 13.0. The number of carbonyl (C=O) groups excluding carboxylic acids is 1. The Kier molecular flexibility index (Phi) is 5.86. The fourth-order valence-corrected chi connectivity index (χ4v) is 2.39. The van der Waals surface area contributed by atoms with Gasteiger partial charge in [0.1, 0.15) is 11.4 Å². The van der Waals surface area contributed by atoms with Crippen LogP contribution in [0.3, 0.4) is 0 Å². The molecule has 0 aliphatic carbocycles. The molecule has 0 atom stereocenters. The molecule has 0 spiro atoms. The number of rotatable bonds is 6. The zero-order valence-corrected chi connectivity index (χ0v) is 14.5. The van der Waals surface area contributed by atoms with Crippen LogP contribution in [0.15, 0.2) is 30.5 Å². The molecule has 0 fully saturated rings. The maximum absolute atomic E-state index is 13.0. The molecule has 1 aromatic heterocycles. The summed E-state index contributed by atoms with van der Waals surface area (Å²) >= 11 is 0. The van der Waals surface area contributed by atoms with Crippen molar-refractivity contribution in [3.63, 3.8) is 0 Å². The van der Waals surface area contributed by atoms with Crippen molar-refractivity contribution >= 4 is 11.9 Å². The third kappa shape index (κ3) is 4.14. The van der Waals surface area contributed by atoms with Gasteiger partial charge in [-0.15, -0.1) is 0 Å². The molecule has 138 valence electrons. The number of ether oxygens (including phenoxy) is 1. The van der Waals surface area contributed by atoms with Gasteiger partial charge >= 0.3 is 5.97 Å². The summed E-state index contributed by atoms with van der Waals surface area (Å²) < 4.78 is 31.2. The molecule has 0 aliphatic heterocycles. The second-order valence-corrected chi connectivity index (χ2v) is 5.76. The number of likely N-dealkylation sites (N-methyl/N-ethyl adjacent to an activating group) is 1. The summed E-state index contributed by atoms with van der Waals surface area (Å²) in [5.41, 5.74) is 0.334. The van der Waals surface area contributed by atoms with Gasteiger partial charge < -0.3 is 14.7 Å². The minimum absolute atomic E-state index is 0.0506. The summed E-state index contributed by atoms with van der Waals surface area (Å²) in [6, 6.07) is 5.47. The second-order valence-electron chi connectivity index (χ2n) is 5.76. The molecular weight excluding hydrogens is 346 g/mol. The van der Waals surface area contributed by atoms with Gasteiger partial charge in [-0.2, -0.15) is 0 Å². The molecule has 2 aromatic rings. The lowest BCUT2D eigenvalue weighted by molar-refractivity contribution is -0.127. The summed E-state index contributed by atoms with van der Waals surface area (Å²) in [5.74, 6) is -1.23. The highest BCUT2D eigenvalue weighted by Crippen LogP contribution is 2.35. The SMILES string of the molecule is COc1cnc(C(F)F)cc1-c1cc(CC(=O)N(C)C)ccc1C(=O)O. The van der Waals surface area contributed by atoms with Crippen LogP contribution in [0.4, 0.5) is 8.78 Å². The molecule has 0 unspecified atom stereocenters. The van der Waals surface area contributed by atoms with Crippen LogP contribution in [0, 0.1) is 0 Å². The van der Waals surface area contributed by atoms with E-state index in [2.05, 4.69) is 4.98 Å². The number of carboxylic acid groups (broad SMARTS) is 1. The molecule has 0 saturated carbocycles. The quantitative estimate of drug-likeness (QED) is 0.852. The van der Waals surface area contributed by atoms with Crippen LogP contribution in [0.25, 0.3) is 11.1 Å². The van der Waals surface area contributed by atoms with Crippen molar-refractivity contribution in [2.24, 2.45) is 0 Å². The molecule has 26 heavy (non-hydrogen) atoms. The van der Waals surface area contributed by atoms with Crippen LogP contribution in [0.2, 0.25) is 0 Å².